The Kier molecular flexibility index (Phi) is 4.14. The molecule has 0 bridgehead atoms. The lowest BCUT2D eigenvalue weighted by molar-refractivity contribution is -0.147. The summed E-state index contributed by atoms with van der Waals surface area (Å²) >= 11 is 0. The highest BCUT2D eigenvalue weighted by Crippen LogP contribution is 2.19. The van der Waals surface area contributed by atoms with Gasteiger partial charge in [0.05, 0.1) is 5.41 Å². The van der Waals surface area contributed by atoms with E-state index in [1.807, 2.05) is 0 Å². The molecule has 1 unspecified atom stereocenters. The second-order valence-corrected chi connectivity index (χ2v) is 4.00. The van der Waals surface area contributed by atoms with Gasteiger partial charge in [0.2, 0.25) is 0 Å². The van der Waals surface area contributed by atoms with Crippen molar-refractivity contribution in [3.05, 3.63) is 24.3 Å². The van der Waals surface area contributed by atoms with E-state index >= 15 is 0 Å². The zero-order valence-corrected chi connectivity index (χ0v) is 9.80. The van der Waals surface area contributed by atoms with E-state index < -0.39 is 17.3 Å². The maximum absolute atomic E-state index is 11.6. The van der Waals surface area contributed by atoms with Gasteiger partial charge in [-0.25, -0.2) is 9.97 Å². The van der Waals surface area contributed by atoms with E-state index in [1.165, 1.54) is 18.6 Å². The number of rotatable bonds is 5. The molecule has 0 radical (unpaired) electrons. The number of nitrogens with one attached hydrogen (secondary N) is 1. The summed E-state index contributed by atoms with van der Waals surface area (Å²) in [6.45, 7) is 3.43. The lowest BCUT2D eigenvalue weighted by atomic mass is 9.88. The molecule has 0 spiro atoms. The van der Waals surface area contributed by atoms with E-state index in [4.69, 9.17) is 5.11 Å². The second kappa shape index (κ2) is 5.38. The molecule has 1 aromatic heterocycles. The van der Waals surface area contributed by atoms with Crippen molar-refractivity contribution in [2.45, 2.75) is 20.3 Å². The van der Waals surface area contributed by atoms with Gasteiger partial charge in [0, 0.05) is 12.7 Å². The molecule has 0 saturated carbocycles. The number of aromatic nitrogens is 2. The lowest BCUT2D eigenvalue weighted by Crippen LogP contribution is -2.40. The first-order valence-electron chi connectivity index (χ1n) is 5.27. The first-order valence-corrected chi connectivity index (χ1v) is 5.27. The van der Waals surface area contributed by atoms with E-state index in [-0.39, 0.29) is 12.2 Å². The van der Waals surface area contributed by atoms with Crippen molar-refractivity contribution in [2.75, 3.05) is 6.54 Å². The first-order chi connectivity index (χ1) is 7.99. The summed E-state index contributed by atoms with van der Waals surface area (Å²) in [5.74, 6) is -1.32. The van der Waals surface area contributed by atoms with Crippen LogP contribution < -0.4 is 5.32 Å². The number of hydrogen-bond donors (Lipinski definition) is 2. The third-order valence-electron chi connectivity index (χ3n) is 2.75. The second-order valence-electron chi connectivity index (χ2n) is 4.00. The van der Waals surface area contributed by atoms with Gasteiger partial charge in [-0.05, 0) is 19.4 Å². The summed E-state index contributed by atoms with van der Waals surface area (Å²) in [5, 5.41) is 11.6. The van der Waals surface area contributed by atoms with E-state index in [0.717, 1.165) is 0 Å². The van der Waals surface area contributed by atoms with Crippen LogP contribution in [0.25, 0.3) is 0 Å². The molecule has 1 aromatic rings. The summed E-state index contributed by atoms with van der Waals surface area (Å²) in [7, 11) is 0. The highest BCUT2D eigenvalue weighted by Gasteiger charge is 2.31. The van der Waals surface area contributed by atoms with Crippen molar-refractivity contribution in [1.29, 1.82) is 0 Å². The van der Waals surface area contributed by atoms with Crippen molar-refractivity contribution in [2.24, 2.45) is 5.41 Å². The fourth-order valence-corrected chi connectivity index (χ4v) is 1.14. The predicted octanol–water partition coefficient (Wildman–Crippen LogP) is 0.707. The van der Waals surface area contributed by atoms with Crippen LogP contribution in [0.4, 0.5) is 0 Å². The fraction of sp³-hybridized carbons (Fsp3) is 0.455. The number of carbonyl (C=O) groups excluding carboxylic acids is 1. The van der Waals surface area contributed by atoms with Gasteiger partial charge in [-0.3, -0.25) is 9.59 Å². The van der Waals surface area contributed by atoms with E-state index in [1.54, 1.807) is 13.8 Å². The van der Waals surface area contributed by atoms with Gasteiger partial charge in [-0.2, -0.15) is 0 Å². The number of carbonyl (C=O) groups is 2. The highest BCUT2D eigenvalue weighted by molar-refractivity contribution is 5.92. The molecule has 6 heteroatoms. The minimum absolute atomic E-state index is 0.0711. The van der Waals surface area contributed by atoms with Crippen LogP contribution in [0.5, 0.6) is 0 Å². The molecule has 92 valence electrons. The Balaban J connectivity index is 2.63. The minimum atomic E-state index is -0.956. The predicted molar refractivity (Wildman–Crippen MR) is 60.4 cm³/mol. The summed E-state index contributed by atoms with van der Waals surface area (Å²) in [4.78, 5) is 30.1. The van der Waals surface area contributed by atoms with Gasteiger partial charge in [0.15, 0.2) is 0 Å². The number of carboxylic acid groups (broad SMARTS) is 1. The summed E-state index contributed by atoms with van der Waals surface area (Å²) in [6.07, 6.45) is 3.16. The Labute approximate surface area is 99.1 Å². The molecule has 0 aromatic carbocycles. The molecule has 1 atom stereocenters. The molecule has 1 rings (SSSR count). The van der Waals surface area contributed by atoms with Gasteiger partial charge >= 0.3 is 5.97 Å². The molecule has 6 nitrogen and oxygen atoms in total. The van der Waals surface area contributed by atoms with Crippen LogP contribution in [-0.4, -0.2) is 33.5 Å². The Morgan fingerprint density at radius 1 is 1.53 bits per heavy atom. The average molecular weight is 237 g/mol. The fourth-order valence-electron chi connectivity index (χ4n) is 1.14. The summed E-state index contributed by atoms with van der Waals surface area (Å²) in [6, 6.07) is 1.47. The van der Waals surface area contributed by atoms with Crippen molar-refractivity contribution in [3.63, 3.8) is 0 Å². The van der Waals surface area contributed by atoms with Gasteiger partial charge in [-0.15, -0.1) is 0 Å². The molecule has 1 heterocycles. The average Bonchev–Trinajstić information content (AvgIpc) is 2.36. The van der Waals surface area contributed by atoms with Gasteiger partial charge in [0.1, 0.15) is 12.0 Å². The third-order valence-corrected chi connectivity index (χ3v) is 2.75. The van der Waals surface area contributed by atoms with Crippen LogP contribution >= 0.6 is 0 Å². The van der Waals surface area contributed by atoms with Gasteiger partial charge < -0.3 is 10.4 Å². The maximum atomic E-state index is 11.6. The topological polar surface area (TPSA) is 92.2 Å². The van der Waals surface area contributed by atoms with E-state index in [2.05, 4.69) is 15.3 Å². The zero-order chi connectivity index (χ0) is 12.9. The van der Waals surface area contributed by atoms with Gasteiger partial charge in [0.25, 0.3) is 5.91 Å². The lowest BCUT2D eigenvalue weighted by Gasteiger charge is -2.22. The first kappa shape index (κ1) is 13.1. The monoisotopic (exact) mass is 237 g/mol. The van der Waals surface area contributed by atoms with Crippen molar-refractivity contribution in [3.8, 4) is 0 Å². The maximum Gasteiger partial charge on any atom is 0.311 e. The Morgan fingerprint density at radius 2 is 2.24 bits per heavy atom. The van der Waals surface area contributed by atoms with Crippen molar-refractivity contribution < 1.29 is 14.7 Å². The quantitative estimate of drug-likeness (QED) is 0.786. The SMILES string of the molecule is CCC(C)(CNC(=O)c1ccncn1)C(=O)O. The van der Waals surface area contributed by atoms with Crippen LogP contribution in [0.1, 0.15) is 30.8 Å². The molecular formula is C11H15N3O3. The largest absolute Gasteiger partial charge is 0.481 e. The van der Waals surface area contributed by atoms with Crippen LogP contribution in [0.3, 0.4) is 0 Å². The smallest absolute Gasteiger partial charge is 0.311 e. The number of carboxylic acids is 1. The third kappa shape index (κ3) is 3.24. The number of hydrogen-bond acceptors (Lipinski definition) is 4. The van der Waals surface area contributed by atoms with E-state index in [0.29, 0.717) is 6.42 Å². The summed E-state index contributed by atoms with van der Waals surface area (Å²) < 4.78 is 0. The van der Waals surface area contributed by atoms with Gasteiger partial charge in [-0.1, -0.05) is 6.92 Å². The normalized spacial score (nSPS) is 13.8. The number of nitrogens with zero attached hydrogens (tertiary/aromatic N) is 2. The standard InChI is InChI=1S/C11H15N3O3/c1-3-11(2,10(16)17)6-13-9(15)8-4-5-12-7-14-8/h4-5,7H,3,6H2,1-2H3,(H,13,15)(H,16,17). The van der Waals surface area contributed by atoms with Crippen molar-refractivity contribution in [1.82, 2.24) is 15.3 Å². The highest BCUT2D eigenvalue weighted by atomic mass is 16.4. The van der Waals surface area contributed by atoms with Crippen LogP contribution in [0, 0.1) is 5.41 Å². The molecule has 0 fully saturated rings. The number of amides is 1. The molecular weight excluding hydrogens is 222 g/mol. The molecule has 0 aliphatic heterocycles. The molecule has 0 saturated heterocycles. The molecule has 1 amide bonds. The van der Waals surface area contributed by atoms with Crippen molar-refractivity contribution >= 4 is 11.9 Å². The van der Waals surface area contributed by atoms with Crippen LogP contribution in [0.2, 0.25) is 0 Å². The Bertz CT molecular complexity index is 408. The Morgan fingerprint density at radius 3 is 2.71 bits per heavy atom. The summed E-state index contributed by atoms with van der Waals surface area (Å²) in [5.41, 5.74) is -0.730. The van der Waals surface area contributed by atoms with Crippen LogP contribution in [-0.2, 0) is 4.79 Å². The molecule has 0 aliphatic rings. The Hall–Kier alpha value is -1.98. The molecule has 2 N–H and O–H groups in total. The van der Waals surface area contributed by atoms with E-state index in [9.17, 15) is 9.59 Å². The molecule has 0 aliphatic carbocycles. The molecule has 17 heavy (non-hydrogen) atoms. The number of aliphatic carboxylic acids is 1. The van der Waals surface area contributed by atoms with Crippen LogP contribution in [0.15, 0.2) is 18.6 Å². The zero-order valence-electron chi connectivity index (χ0n) is 9.80. The minimum Gasteiger partial charge on any atom is -0.481 e.